The molecule has 1 saturated heterocycles. The topological polar surface area (TPSA) is 83.9 Å². The number of aldehydes is 1. The van der Waals surface area contributed by atoms with Crippen molar-refractivity contribution >= 4 is 18.3 Å². The Hall–Kier alpha value is -1.59. The lowest BCUT2D eigenvalue weighted by molar-refractivity contribution is -0.151. The predicted octanol–water partition coefficient (Wildman–Crippen LogP) is 2.21. The molecule has 6 nitrogen and oxygen atoms in total. The van der Waals surface area contributed by atoms with Gasteiger partial charge in [0.15, 0.2) is 0 Å². The molecule has 0 unspecified atom stereocenters. The highest BCUT2D eigenvalue weighted by Crippen LogP contribution is 2.65. The summed E-state index contributed by atoms with van der Waals surface area (Å²) in [6.07, 6.45) is 1.84. The maximum Gasteiger partial charge on any atom is 0.411 e. The number of piperidine rings is 1. The first-order valence-corrected chi connectivity index (χ1v) is 7.31. The van der Waals surface area contributed by atoms with E-state index < -0.39 is 23.2 Å². The number of hydrogen-bond acceptors (Lipinski definition) is 4. The number of ether oxygens (including phenoxy) is 1. The van der Waals surface area contributed by atoms with Crippen LogP contribution in [0.25, 0.3) is 0 Å². The fourth-order valence-electron chi connectivity index (χ4n) is 3.54. The normalized spacial score (nSPS) is 34.3. The molecule has 1 heterocycles. The zero-order chi connectivity index (χ0) is 16.1. The molecule has 0 radical (unpaired) electrons. The number of aliphatic carboxylic acids is 1. The fourth-order valence-corrected chi connectivity index (χ4v) is 3.54. The summed E-state index contributed by atoms with van der Waals surface area (Å²) < 4.78 is 5.38. The molecule has 21 heavy (non-hydrogen) atoms. The molecule has 1 aliphatic carbocycles. The number of carboxylic acid groups (broad SMARTS) is 1. The van der Waals surface area contributed by atoms with Crippen LogP contribution >= 0.6 is 0 Å². The Kier molecular flexibility index (Phi) is 3.54. The highest BCUT2D eigenvalue weighted by molar-refractivity contribution is 5.87. The molecule has 2 fully saturated rings. The summed E-state index contributed by atoms with van der Waals surface area (Å²) in [5.74, 6) is -1.02. The molecular formula is C15H23NO5. The second-order valence-corrected chi connectivity index (χ2v) is 7.17. The van der Waals surface area contributed by atoms with E-state index in [0.29, 0.717) is 25.7 Å². The molecule has 0 aromatic rings. The van der Waals surface area contributed by atoms with Gasteiger partial charge in [0, 0.05) is 17.9 Å². The molecule has 1 saturated carbocycles. The van der Waals surface area contributed by atoms with Gasteiger partial charge in [-0.3, -0.25) is 4.90 Å². The fraction of sp³-hybridized carbons (Fsp3) is 0.800. The number of carbonyl (C=O) groups excluding carboxylic acids is 2. The standard InChI is InChI=1S/C15H23NO5/c1-5-15(11(18)19)9-14(6-7-17)8-10(14)16(15)12(20)21-13(2,3)4/h7,10H,5-6,8-9H2,1-4H3,(H,18,19)/t10-,14-,15-/m0/s1. The largest absolute Gasteiger partial charge is 0.479 e. The van der Waals surface area contributed by atoms with E-state index in [0.717, 1.165) is 6.29 Å². The van der Waals surface area contributed by atoms with Crippen LogP contribution in [0.4, 0.5) is 4.79 Å². The minimum Gasteiger partial charge on any atom is -0.479 e. The van der Waals surface area contributed by atoms with Gasteiger partial charge in [0.05, 0.1) is 0 Å². The summed E-state index contributed by atoms with van der Waals surface area (Å²) in [5, 5.41) is 9.66. The lowest BCUT2D eigenvalue weighted by atomic mass is 9.84. The van der Waals surface area contributed by atoms with Crippen molar-refractivity contribution in [2.75, 3.05) is 0 Å². The van der Waals surface area contributed by atoms with Gasteiger partial charge in [0.2, 0.25) is 0 Å². The first-order valence-electron chi connectivity index (χ1n) is 7.31. The van der Waals surface area contributed by atoms with E-state index in [4.69, 9.17) is 4.74 Å². The van der Waals surface area contributed by atoms with Crippen molar-refractivity contribution in [1.29, 1.82) is 0 Å². The van der Waals surface area contributed by atoms with Crippen LogP contribution in [0, 0.1) is 5.41 Å². The minimum atomic E-state index is -1.26. The van der Waals surface area contributed by atoms with Crippen LogP contribution in [0.15, 0.2) is 0 Å². The number of amides is 1. The lowest BCUT2D eigenvalue weighted by Crippen LogP contribution is -2.55. The maximum atomic E-state index is 12.5. The molecule has 1 amide bonds. The van der Waals surface area contributed by atoms with Crippen molar-refractivity contribution < 1.29 is 24.2 Å². The van der Waals surface area contributed by atoms with Gasteiger partial charge in [-0.25, -0.2) is 9.59 Å². The molecule has 3 atom stereocenters. The first kappa shape index (κ1) is 15.8. The number of rotatable bonds is 4. The third-order valence-corrected chi connectivity index (χ3v) is 4.63. The number of hydrogen-bond donors (Lipinski definition) is 1. The van der Waals surface area contributed by atoms with Gasteiger partial charge in [-0.2, -0.15) is 0 Å². The van der Waals surface area contributed by atoms with Crippen molar-refractivity contribution in [3.63, 3.8) is 0 Å². The average molecular weight is 297 g/mol. The van der Waals surface area contributed by atoms with Gasteiger partial charge >= 0.3 is 12.1 Å². The Morgan fingerprint density at radius 2 is 2.05 bits per heavy atom. The van der Waals surface area contributed by atoms with Crippen LogP contribution in [0.3, 0.4) is 0 Å². The summed E-state index contributed by atoms with van der Waals surface area (Å²) in [6.45, 7) is 7.01. The number of nitrogens with zero attached hydrogens (tertiary/aromatic N) is 1. The third kappa shape index (κ3) is 2.40. The van der Waals surface area contributed by atoms with E-state index in [9.17, 15) is 19.5 Å². The van der Waals surface area contributed by atoms with Crippen molar-refractivity contribution in [3.05, 3.63) is 0 Å². The summed E-state index contributed by atoms with van der Waals surface area (Å²) >= 11 is 0. The molecule has 1 aliphatic heterocycles. The summed E-state index contributed by atoms with van der Waals surface area (Å²) in [7, 11) is 0. The van der Waals surface area contributed by atoms with Gasteiger partial charge in [0.25, 0.3) is 0 Å². The summed E-state index contributed by atoms with van der Waals surface area (Å²) in [6, 6.07) is -0.200. The summed E-state index contributed by atoms with van der Waals surface area (Å²) in [5.41, 5.74) is -2.30. The van der Waals surface area contributed by atoms with E-state index in [2.05, 4.69) is 0 Å². The van der Waals surface area contributed by atoms with E-state index in [1.54, 1.807) is 27.7 Å². The average Bonchev–Trinajstić information content (AvgIpc) is 2.92. The van der Waals surface area contributed by atoms with Crippen LogP contribution in [-0.4, -0.2) is 45.5 Å². The van der Waals surface area contributed by atoms with Gasteiger partial charge in [0.1, 0.15) is 17.4 Å². The quantitative estimate of drug-likeness (QED) is 0.804. The first-order chi connectivity index (χ1) is 9.62. The Morgan fingerprint density at radius 1 is 1.43 bits per heavy atom. The second kappa shape index (κ2) is 4.71. The monoisotopic (exact) mass is 297 g/mol. The van der Waals surface area contributed by atoms with Crippen LogP contribution in [0.5, 0.6) is 0 Å². The highest BCUT2D eigenvalue weighted by atomic mass is 16.6. The number of carboxylic acids is 1. The Labute approximate surface area is 124 Å². The van der Waals surface area contributed by atoms with E-state index in [-0.39, 0.29) is 11.5 Å². The van der Waals surface area contributed by atoms with Crippen molar-refractivity contribution in [2.45, 2.75) is 70.6 Å². The number of carbonyl (C=O) groups is 3. The molecule has 0 spiro atoms. The number of fused-ring (bicyclic) bond motifs is 1. The molecule has 6 heteroatoms. The Morgan fingerprint density at radius 3 is 2.48 bits per heavy atom. The van der Waals surface area contributed by atoms with Crippen molar-refractivity contribution in [3.8, 4) is 0 Å². The van der Waals surface area contributed by atoms with Gasteiger partial charge in [-0.15, -0.1) is 0 Å². The molecule has 2 rings (SSSR count). The molecule has 0 bridgehead atoms. The summed E-state index contributed by atoms with van der Waals surface area (Å²) in [4.78, 5) is 36.5. The highest BCUT2D eigenvalue weighted by Gasteiger charge is 2.73. The van der Waals surface area contributed by atoms with E-state index in [1.807, 2.05) is 0 Å². The zero-order valence-electron chi connectivity index (χ0n) is 13.0. The van der Waals surface area contributed by atoms with Gasteiger partial charge in [-0.1, -0.05) is 6.92 Å². The van der Waals surface area contributed by atoms with Crippen molar-refractivity contribution in [2.24, 2.45) is 5.41 Å². The maximum absolute atomic E-state index is 12.5. The predicted molar refractivity (Wildman–Crippen MR) is 74.9 cm³/mol. The molecule has 0 aromatic carbocycles. The van der Waals surface area contributed by atoms with Gasteiger partial charge < -0.3 is 14.6 Å². The van der Waals surface area contributed by atoms with E-state index >= 15 is 0 Å². The van der Waals surface area contributed by atoms with Crippen LogP contribution in [-0.2, 0) is 14.3 Å². The van der Waals surface area contributed by atoms with Crippen LogP contribution in [0.1, 0.15) is 53.4 Å². The molecule has 2 aliphatic rings. The minimum absolute atomic E-state index is 0.200. The lowest BCUT2D eigenvalue weighted by Gasteiger charge is -2.37. The smallest absolute Gasteiger partial charge is 0.411 e. The molecule has 1 N–H and O–H groups in total. The SMILES string of the molecule is CC[C@@]1(C(=O)O)C[C@]2(CC=O)C[C@@H]2N1C(=O)OC(C)(C)C. The number of likely N-dealkylation sites (tertiary alicyclic amines) is 1. The molecular weight excluding hydrogens is 274 g/mol. The molecule has 118 valence electrons. The van der Waals surface area contributed by atoms with Crippen molar-refractivity contribution in [1.82, 2.24) is 4.90 Å². The van der Waals surface area contributed by atoms with Crippen LogP contribution < -0.4 is 0 Å². The third-order valence-electron chi connectivity index (χ3n) is 4.63. The molecule has 0 aromatic heterocycles. The van der Waals surface area contributed by atoms with Crippen LogP contribution in [0.2, 0.25) is 0 Å². The second-order valence-electron chi connectivity index (χ2n) is 7.17. The Bertz CT molecular complexity index is 483. The van der Waals surface area contributed by atoms with E-state index in [1.165, 1.54) is 4.90 Å². The van der Waals surface area contributed by atoms with Gasteiger partial charge in [-0.05, 0) is 40.0 Å². The zero-order valence-corrected chi connectivity index (χ0v) is 13.0. The Balaban J connectivity index is 2.33.